The Kier molecular flexibility index (Phi) is 5.77. The molecule has 0 saturated carbocycles. The molecule has 5 heteroatoms. The van der Waals surface area contributed by atoms with E-state index in [9.17, 15) is 0 Å². The molecule has 1 aliphatic rings. The molecule has 1 aromatic heterocycles. The third-order valence-electron chi connectivity index (χ3n) is 4.43. The first-order valence-electron chi connectivity index (χ1n) is 8.58. The van der Waals surface area contributed by atoms with Gasteiger partial charge in [0.15, 0.2) is 0 Å². The van der Waals surface area contributed by atoms with Crippen LogP contribution in [0.15, 0.2) is 36.7 Å². The molecule has 0 bridgehead atoms. The zero-order chi connectivity index (χ0) is 16.8. The minimum absolute atomic E-state index is 0.679. The summed E-state index contributed by atoms with van der Waals surface area (Å²) in [7, 11) is 4.26. The lowest BCUT2D eigenvalue weighted by Crippen LogP contribution is -2.31. The minimum Gasteiger partial charge on any atom is -0.377 e. The number of fused-ring (bicyclic) bond motifs is 1. The summed E-state index contributed by atoms with van der Waals surface area (Å²) in [5.41, 5.74) is 3.70. The van der Waals surface area contributed by atoms with Crippen LogP contribution in [0.5, 0.6) is 0 Å². The molecule has 0 saturated heterocycles. The molecule has 5 nitrogen and oxygen atoms in total. The van der Waals surface area contributed by atoms with Crippen LogP contribution >= 0.6 is 0 Å². The molecule has 0 atom stereocenters. The molecule has 1 aliphatic heterocycles. The Morgan fingerprint density at radius 3 is 2.88 bits per heavy atom. The Bertz CT molecular complexity index is 647. The normalized spacial score (nSPS) is 14.4. The number of nitrogens with zero attached hydrogens (tertiary/aromatic N) is 4. The van der Waals surface area contributed by atoms with Crippen LogP contribution in [0.4, 0.5) is 5.82 Å². The predicted molar refractivity (Wildman–Crippen MR) is 96.1 cm³/mol. The molecule has 24 heavy (non-hydrogen) atoms. The monoisotopic (exact) mass is 326 g/mol. The molecule has 0 amide bonds. The predicted octanol–water partition coefficient (Wildman–Crippen LogP) is 2.51. The van der Waals surface area contributed by atoms with E-state index in [1.54, 1.807) is 6.33 Å². The van der Waals surface area contributed by atoms with E-state index < -0.39 is 0 Å². The molecule has 2 aromatic rings. The minimum atomic E-state index is 0.679. The van der Waals surface area contributed by atoms with Crippen molar-refractivity contribution in [2.75, 3.05) is 38.7 Å². The fourth-order valence-electron chi connectivity index (χ4n) is 3.06. The van der Waals surface area contributed by atoms with Gasteiger partial charge < -0.3 is 14.5 Å². The number of hydrogen-bond donors (Lipinski definition) is 0. The Morgan fingerprint density at radius 1 is 1.21 bits per heavy atom. The fraction of sp³-hybridized carbons (Fsp3) is 0.474. The maximum Gasteiger partial charge on any atom is 0.136 e. The highest BCUT2D eigenvalue weighted by atomic mass is 16.5. The van der Waals surface area contributed by atoms with E-state index in [1.807, 2.05) is 18.2 Å². The zero-order valence-corrected chi connectivity index (χ0v) is 14.6. The highest BCUT2D eigenvalue weighted by Gasteiger charge is 2.20. The summed E-state index contributed by atoms with van der Waals surface area (Å²) in [5.74, 6) is 1.06. The molecular formula is C19H26N4O. The van der Waals surface area contributed by atoms with Gasteiger partial charge in [0.05, 0.1) is 12.3 Å². The maximum atomic E-state index is 5.77. The molecule has 0 aliphatic carbocycles. The van der Waals surface area contributed by atoms with Crippen LogP contribution < -0.4 is 4.90 Å². The number of benzene rings is 1. The quantitative estimate of drug-likeness (QED) is 0.731. The second kappa shape index (κ2) is 8.22. The lowest BCUT2D eigenvalue weighted by molar-refractivity contribution is 0.119. The average molecular weight is 326 g/mol. The van der Waals surface area contributed by atoms with Gasteiger partial charge in [0, 0.05) is 45.3 Å². The van der Waals surface area contributed by atoms with Gasteiger partial charge in [-0.05, 0) is 19.0 Å². The summed E-state index contributed by atoms with van der Waals surface area (Å²) in [5, 5.41) is 0. The molecule has 128 valence electrons. The number of ether oxygens (including phenoxy) is 1. The number of aromatic nitrogens is 2. The van der Waals surface area contributed by atoms with Crippen molar-refractivity contribution in [2.24, 2.45) is 0 Å². The summed E-state index contributed by atoms with van der Waals surface area (Å²) in [6.45, 7) is 4.37. The summed E-state index contributed by atoms with van der Waals surface area (Å²) in [4.78, 5) is 13.5. The maximum absolute atomic E-state index is 5.77. The number of rotatable bonds is 7. The van der Waals surface area contributed by atoms with E-state index in [4.69, 9.17) is 4.74 Å². The molecule has 0 fully saturated rings. The van der Waals surface area contributed by atoms with Crippen LogP contribution in [-0.4, -0.2) is 48.7 Å². The van der Waals surface area contributed by atoms with Crippen molar-refractivity contribution in [1.29, 1.82) is 0 Å². The van der Waals surface area contributed by atoms with Crippen LogP contribution in [0.25, 0.3) is 0 Å². The van der Waals surface area contributed by atoms with Gasteiger partial charge in [-0.2, -0.15) is 0 Å². The van der Waals surface area contributed by atoms with Crippen molar-refractivity contribution in [3.63, 3.8) is 0 Å². The van der Waals surface area contributed by atoms with Crippen LogP contribution in [0.1, 0.15) is 23.2 Å². The third-order valence-corrected chi connectivity index (χ3v) is 4.43. The number of anilines is 1. The van der Waals surface area contributed by atoms with Crippen molar-refractivity contribution in [2.45, 2.75) is 26.0 Å². The van der Waals surface area contributed by atoms with Gasteiger partial charge in [-0.15, -0.1) is 0 Å². The lowest BCUT2D eigenvalue weighted by Gasteiger charge is -2.28. The van der Waals surface area contributed by atoms with E-state index in [-0.39, 0.29) is 0 Å². The Balaban J connectivity index is 1.48. The second-order valence-corrected chi connectivity index (χ2v) is 6.42. The van der Waals surface area contributed by atoms with E-state index in [2.05, 4.69) is 46.0 Å². The summed E-state index contributed by atoms with van der Waals surface area (Å²) in [6.07, 6.45) is 3.69. The van der Waals surface area contributed by atoms with Crippen LogP contribution in [0.3, 0.4) is 0 Å². The van der Waals surface area contributed by atoms with E-state index in [1.165, 1.54) is 16.8 Å². The molecule has 2 heterocycles. The lowest BCUT2D eigenvalue weighted by atomic mass is 10.1. The van der Waals surface area contributed by atoms with Gasteiger partial charge in [-0.25, -0.2) is 9.97 Å². The molecule has 0 unspecified atom stereocenters. The van der Waals surface area contributed by atoms with Crippen LogP contribution in [0.2, 0.25) is 0 Å². The van der Waals surface area contributed by atoms with Gasteiger partial charge in [0.2, 0.25) is 0 Å². The van der Waals surface area contributed by atoms with Gasteiger partial charge in [0.1, 0.15) is 12.1 Å². The first kappa shape index (κ1) is 16.9. The first-order chi connectivity index (χ1) is 11.7. The molecular weight excluding hydrogens is 300 g/mol. The van der Waals surface area contributed by atoms with Gasteiger partial charge in [-0.1, -0.05) is 30.3 Å². The Hall–Kier alpha value is -1.98. The van der Waals surface area contributed by atoms with Gasteiger partial charge in [-0.3, -0.25) is 0 Å². The van der Waals surface area contributed by atoms with Crippen molar-refractivity contribution >= 4 is 5.82 Å². The Morgan fingerprint density at radius 2 is 2.04 bits per heavy atom. The highest BCUT2D eigenvalue weighted by molar-refractivity contribution is 5.48. The molecule has 1 aromatic carbocycles. The number of hydrogen-bond acceptors (Lipinski definition) is 5. The van der Waals surface area contributed by atoms with E-state index >= 15 is 0 Å². The largest absolute Gasteiger partial charge is 0.377 e. The molecule has 3 rings (SSSR count). The average Bonchev–Trinajstić information content (AvgIpc) is 2.61. The highest BCUT2D eigenvalue weighted by Crippen LogP contribution is 2.24. The summed E-state index contributed by atoms with van der Waals surface area (Å²) < 4.78 is 5.77. The van der Waals surface area contributed by atoms with Crippen LogP contribution in [-0.2, 0) is 24.3 Å². The van der Waals surface area contributed by atoms with Crippen molar-refractivity contribution in [1.82, 2.24) is 14.9 Å². The standard InChI is InChI=1S/C19H26N4O/c1-22-11-9-18-17(13-22)19(21-15-20-18)23(2)10-6-12-24-14-16-7-4-3-5-8-16/h3-5,7-8,15H,6,9-14H2,1-2H3. The molecule has 0 radical (unpaired) electrons. The smallest absolute Gasteiger partial charge is 0.136 e. The van der Waals surface area contributed by atoms with Crippen LogP contribution in [0, 0.1) is 0 Å². The fourth-order valence-corrected chi connectivity index (χ4v) is 3.06. The van der Waals surface area contributed by atoms with Crippen molar-refractivity contribution < 1.29 is 4.74 Å². The Labute approximate surface area is 144 Å². The zero-order valence-electron chi connectivity index (χ0n) is 14.6. The topological polar surface area (TPSA) is 41.5 Å². The van der Waals surface area contributed by atoms with Crippen molar-refractivity contribution in [3.8, 4) is 0 Å². The second-order valence-electron chi connectivity index (χ2n) is 6.42. The number of likely N-dealkylation sites (N-methyl/N-ethyl adjacent to an activating group) is 1. The SMILES string of the molecule is CN1CCc2ncnc(N(C)CCCOCc3ccccc3)c2C1. The van der Waals surface area contributed by atoms with Crippen molar-refractivity contribution in [3.05, 3.63) is 53.5 Å². The third kappa shape index (κ3) is 4.30. The van der Waals surface area contributed by atoms with E-state index in [0.29, 0.717) is 6.61 Å². The molecule has 0 spiro atoms. The summed E-state index contributed by atoms with van der Waals surface area (Å²) >= 11 is 0. The van der Waals surface area contributed by atoms with Gasteiger partial charge >= 0.3 is 0 Å². The summed E-state index contributed by atoms with van der Waals surface area (Å²) in [6, 6.07) is 10.3. The first-order valence-corrected chi connectivity index (χ1v) is 8.58. The van der Waals surface area contributed by atoms with Gasteiger partial charge in [0.25, 0.3) is 0 Å². The van der Waals surface area contributed by atoms with E-state index in [0.717, 1.165) is 44.9 Å². The molecule has 0 N–H and O–H groups in total.